The van der Waals surface area contributed by atoms with E-state index in [-0.39, 0.29) is 37.7 Å². The van der Waals surface area contributed by atoms with E-state index in [4.69, 9.17) is 55.9 Å². The highest BCUT2D eigenvalue weighted by Gasteiger charge is 2.47. The molecular weight excluding hydrogens is 548 g/mol. The van der Waals surface area contributed by atoms with Gasteiger partial charge in [0.2, 0.25) is 0 Å². The maximum absolute atomic E-state index is 13.4. The number of methoxy groups -OCH3 is 2. The first-order valence-electron chi connectivity index (χ1n) is 10.5. The van der Waals surface area contributed by atoms with E-state index in [1.54, 1.807) is 30.3 Å². The van der Waals surface area contributed by atoms with Crippen LogP contribution in [0.2, 0.25) is 20.1 Å². The molecule has 10 heteroatoms. The number of ketones is 1. The Morgan fingerprint density at radius 1 is 0.861 bits per heavy atom. The van der Waals surface area contributed by atoms with Crippen molar-refractivity contribution in [2.24, 2.45) is 0 Å². The number of ether oxygens (including phenoxy) is 2. The SMILES string of the molecule is COc1c(Cl)cc(/C(O)=C2\C(=O)C(=O)N(c3ccc(C)cc3)C2c2ccc(Cl)c(Cl)c2)c(OC)c1Cl. The Balaban J connectivity index is 2.03. The van der Waals surface area contributed by atoms with Gasteiger partial charge in [0.15, 0.2) is 11.5 Å². The first-order valence-corrected chi connectivity index (χ1v) is 12.0. The van der Waals surface area contributed by atoms with E-state index in [0.717, 1.165) is 5.56 Å². The van der Waals surface area contributed by atoms with Crippen LogP contribution in [-0.2, 0) is 9.59 Å². The molecule has 186 valence electrons. The predicted octanol–water partition coefficient (Wildman–Crippen LogP) is 7.25. The molecule has 1 N–H and O–H groups in total. The molecule has 0 bridgehead atoms. The highest BCUT2D eigenvalue weighted by molar-refractivity contribution is 6.52. The van der Waals surface area contributed by atoms with Crippen molar-refractivity contribution in [1.82, 2.24) is 0 Å². The number of halogens is 4. The smallest absolute Gasteiger partial charge is 0.300 e. The Morgan fingerprint density at radius 3 is 2.08 bits per heavy atom. The highest BCUT2D eigenvalue weighted by atomic mass is 35.5. The zero-order valence-electron chi connectivity index (χ0n) is 19.2. The highest BCUT2D eigenvalue weighted by Crippen LogP contribution is 2.48. The number of aliphatic hydroxyl groups is 1. The van der Waals surface area contributed by atoms with Gasteiger partial charge in [0.1, 0.15) is 10.8 Å². The quantitative estimate of drug-likeness (QED) is 0.200. The number of aryl methyl sites for hydroxylation is 1. The number of anilines is 1. The number of nitrogens with zero attached hydrogens (tertiary/aromatic N) is 1. The third kappa shape index (κ3) is 4.39. The lowest BCUT2D eigenvalue weighted by molar-refractivity contribution is -0.132. The summed E-state index contributed by atoms with van der Waals surface area (Å²) < 4.78 is 10.6. The van der Waals surface area contributed by atoms with Gasteiger partial charge in [0.05, 0.1) is 46.5 Å². The Hall–Kier alpha value is -2.90. The van der Waals surface area contributed by atoms with Crippen molar-refractivity contribution in [2.45, 2.75) is 13.0 Å². The van der Waals surface area contributed by atoms with Crippen LogP contribution in [0.1, 0.15) is 22.7 Å². The van der Waals surface area contributed by atoms with Crippen molar-refractivity contribution >= 4 is 69.5 Å². The molecule has 1 saturated heterocycles. The van der Waals surface area contributed by atoms with E-state index in [9.17, 15) is 14.7 Å². The molecule has 1 amide bonds. The average molecular weight is 567 g/mol. The van der Waals surface area contributed by atoms with Crippen LogP contribution in [0.15, 0.2) is 54.1 Å². The summed E-state index contributed by atoms with van der Waals surface area (Å²) in [5.74, 6) is -2.12. The summed E-state index contributed by atoms with van der Waals surface area (Å²) in [7, 11) is 2.72. The molecule has 1 atom stereocenters. The van der Waals surface area contributed by atoms with Gasteiger partial charge in [-0.05, 0) is 42.8 Å². The van der Waals surface area contributed by atoms with Gasteiger partial charge in [-0.1, -0.05) is 70.2 Å². The summed E-state index contributed by atoms with van der Waals surface area (Å²) in [5, 5.41) is 12.1. The second-order valence-electron chi connectivity index (χ2n) is 7.96. The monoisotopic (exact) mass is 565 g/mol. The Morgan fingerprint density at radius 2 is 1.50 bits per heavy atom. The third-order valence-corrected chi connectivity index (χ3v) is 7.17. The van der Waals surface area contributed by atoms with Gasteiger partial charge in [-0.3, -0.25) is 14.5 Å². The molecule has 0 aromatic heterocycles. The van der Waals surface area contributed by atoms with E-state index < -0.39 is 23.5 Å². The molecule has 1 unspecified atom stereocenters. The first-order chi connectivity index (χ1) is 17.1. The molecule has 0 radical (unpaired) electrons. The molecule has 0 aliphatic carbocycles. The lowest BCUT2D eigenvalue weighted by Crippen LogP contribution is -2.29. The number of aliphatic hydroxyl groups excluding tert-OH is 1. The fourth-order valence-electron chi connectivity index (χ4n) is 4.09. The minimum atomic E-state index is -1.04. The van der Waals surface area contributed by atoms with Crippen molar-refractivity contribution in [2.75, 3.05) is 19.1 Å². The van der Waals surface area contributed by atoms with Crippen LogP contribution in [0.25, 0.3) is 5.76 Å². The van der Waals surface area contributed by atoms with Gasteiger partial charge in [-0.25, -0.2) is 0 Å². The van der Waals surface area contributed by atoms with Crippen molar-refractivity contribution in [3.63, 3.8) is 0 Å². The molecular formula is C26H19Cl4NO5. The van der Waals surface area contributed by atoms with E-state index in [1.165, 1.54) is 25.2 Å². The Labute approximate surface area is 227 Å². The van der Waals surface area contributed by atoms with Crippen LogP contribution < -0.4 is 14.4 Å². The summed E-state index contributed by atoms with van der Waals surface area (Å²) in [5.41, 5.74) is 1.69. The fraction of sp³-hybridized carbons (Fsp3) is 0.154. The van der Waals surface area contributed by atoms with Gasteiger partial charge < -0.3 is 14.6 Å². The molecule has 3 aromatic carbocycles. The lowest BCUT2D eigenvalue weighted by atomic mass is 9.94. The summed E-state index contributed by atoms with van der Waals surface area (Å²) in [6.45, 7) is 1.90. The zero-order chi connectivity index (χ0) is 26.3. The normalized spacial score (nSPS) is 17.0. The van der Waals surface area contributed by atoms with Crippen LogP contribution in [-0.4, -0.2) is 31.0 Å². The number of rotatable bonds is 5. The Bertz CT molecular complexity index is 1420. The molecule has 1 fully saturated rings. The number of benzene rings is 3. The van der Waals surface area contributed by atoms with Crippen molar-refractivity contribution < 1.29 is 24.2 Å². The van der Waals surface area contributed by atoms with E-state index in [2.05, 4.69) is 0 Å². The fourth-order valence-corrected chi connectivity index (χ4v) is 5.09. The van der Waals surface area contributed by atoms with E-state index >= 15 is 0 Å². The summed E-state index contributed by atoms with van der Waals surface area (Å²) in [4.78, 5) is 28.0. The van der Waals surface area contributed by atoms with Gasteiger partial charge in [-0.15, -0.1) is 0 Å². The standard InChI is InChI=1S/C26H19Cl4NO5/c1-12-4-7-14(8-5-12)31-21(13-6-9-16(27)17(28)10-13)19(23(33)26(31)34)22(32)15-11-18(29)25(36-3)20(30)24(15)35-2/h4-11,21,32H,1-3H3/b22-19+. The number of carbonyl (C=O) groups is 2. The topological polar surface area (TPSA) is 76.1 Å². The second-order valence-corrected chi connectivity index (χ2v) is 9.56. The maximum Gasteiger partial charge on any atom is 0.300 e. The van der Waals surface area contributed by atoms with E-state index in [1.807, 2.05) is 19.1 Å². The van der Waals surface area contributed by atoms with Gasteiger partial charge in [-0.2, -0.15) is 0 Å². The molecule has 0 saturated carbocycles. The van der Waals surface area contributed by atoms with Gasteiger partial charge in [0.25, 0.3) is 11.7 Å². The number of hydrogen-bond acceptors (Lipinski definition) is 5. The van der Waals surface area contributed by atoms with Crippen LogP contribution >= 0.6 is 46.4 Å². The van der Waals surface area contributed by atoms with Crippen LogP contribution in [0.3, 0.4) is 0 Å². The van der Waals surface area contributed by atoms with Crippen molar-refractivity contribution in [3.05, 3.63) is 90.9 Å². The Kier molecular flexibility index (Phi) is 7.43. The lowest BCUT2D eigenvalue weighted by Gasteiger charge is -2.26. The number of amides is 1. The summed E-state index contributed by atoms with van der Waals surface area (Å²) in [6, 6.07) is 12.1. The minimum Gasteiger partial charge on any atom is -0.507 e. The molecule has 4 rings (SSSR count). The van der Waals surface area contributed by atoms with Crippen LogP contribution in [0, 0.1) is 6.92 Å². The molecule has 1 heterocycles. The van der Waals surface area contributed by atoms with Crippen LogP contribution in [0.5, 0.6) is 11.5 Å². The first kappa shape index (κ1) is 26.2. The average Bonchev–Trinajstić information content (AvgIpc) is 3.11. The summed E-state index contributed by atoms with van der Waals surface area (Å²) in [6.07, 6.45) is 0. The predicted molar refractivity (Wildman–Crippen MR) is 142 cm³/mol. The second kappa shape index (κ2) is 10.2. The molecule has 1 aliphatic heterocycles. The van der Waals surface area contributed by atoms with E-state index in [0.29, 0.717) is 16.3 Å². The van der Waals surface area contributed by atoms with Crippen LogP contribution in [0.4, 0.5) is 5.69 Å². The largest absolute Gasteiger partial charge is 0.507 e. The number of carbonyl (C=O) groups excluding carboxylic acids is 2. The maximum atomic E-state index is 13.4. The van der Waals surface area contributed by atoms with Gasteiger partial charge >= 0.3 is 0 Å². The number of hydrogen-bond donors (Lipinski definition) is 1. The number of Topliss-reactive ketones (excluding diaryl/α,β-unsaturated/α-hetero) is 1. The molecule has 36 heavy (non-hydrogen) atoms. The minimum absolute atomic E-state index is 0.00657. The van der Waals surface area contributed by atoms with Gasteiger partial charge in [0, 0.05) is 5.69 Å². The molecule has 3 aromatic rings. The van der Waals surface area contributed by atoms with Crippen molar-refractivity contribution in [3.8, 4) is 11.5 Å². The molecule has 0 spiro atoms. The molecule has 6 nitrogen and oxygen atoms in total. The van der Waals surface area contributed by atoms with Crippen molar-refractivity contribution in [1.29, 1.82) is 0 Å². The molecule has 1 aliphatic rings. The third-order valence-electron chi connectivity index (χ3n) is 5.81. The summed E-state index contributed by atoms with van der Waals surface area (Å²) >= 11 is 25.1. The zero-order valence-corrected chi connectivity index (χ0v) is 22.3.